The van der Waals surface area contributed by atoms with Crippen molar-refractivity contribution in [2.75, 3.05) is 26.2 Å². The molecular weight excluding hydrogens is 192 g/mol. The maximum Gasteiger partial charge on any atom is 0.289 e. The standard InChI is InChI=1S/C11H16N2O2/c14-11(10-4-3-9-15-10)13-7-2-1-5-12-6-8-13/h3-4,9,12H,1-2,5-8H2. The van der Waals surface area contributed by atoms with Gasteiger partial charge in [-0.05, 0) is 31.5 Å². The minimum absolute atomic E-state index is 0.00343. The number of furan rings is 1. The van der Waals surface area contributed by atoms with Crippen molar-refractivity contribution in [3.63, 3.8) is 0 Å². The molecule has 0 saturated carbocycles. The van der Waals surface area contributed by atoms with Gasteiger partial charge in [0.1, 0.15) is 0 Å². The summed E-state index contributed by atoms with van der Waals surface area (Å²) in [4.78, 5) is 13.8. The van der Waals surface area contributed by atoms with Gasteiger partial charge in [-0.2, -0.15) is 0 Å². The number of hydrogen-bond acceptors (Lipinski definition) is 3. The SMILES string of the molecule is O=C(c1ccco1)N1CCCCNCC1. The highest BCUT2D eigenvalue weighted by Gasteiger charge is 2.18. The van der Waals surface area contributed by atoms with Gasteiger partial charge in [-0.15, -0.1) is 0 Å². The first-order valence-corrected chi connectivity index (χ1v) is 5.41. The van der Waals surface area contributed by atoms with Crippen LogP contribution >= 0.6 is 0 Å². The van der Waals surface area contributed by atoms with E-state index in [0.29, 0.717) is 5.76 Å². The molecule has 15 heavy (non-hydrogen) atoms. The lowest BCUT2D eigenvalue weighted by atomic mass is 10.2. The fraction of sp³-hybridized carbons (Fsp3) is 0.545. The molecule has 2 heterocycles. The highest BCUT2D eigenvalue weighted by atomic mass is 16.3. The lowest BCUT2D eigenvalue weighted by molar-refractivity contribution is 0.0716. The second-order valence-electron chi connectivity index (χ2n) is 3.73. The maximum atomic E-state index is 11.9. The fourth-order valence-electron chi connectivity index (χ4n) is 1.76. The van der Waals surface area contributed by atoms with Crippen molar-refractivity contribution in [1.29, 1.82) is 0 Å². The Balaban J connectivity index is 1.98. The van der Waals surface area contributed by atoms with Gasteiger partial charge >= 0.3 is 0 Å². The summed E-state index contributed by atoms with van der Waals surface area (Å²) in [6.45, 7) is 3.52. The predicted molar refractivity (Wildman–Crippen MR) is 56.7 cm³/mol. The molecule has 82 valence electrons. The van der Waals surface area contributed by atoms with Gasteiger partial charge in [0, 0.05) is 19.6 Å². The lowest BCUT2D eigenvalue weighted by Gasteiger charge is -2.24. The third-order valence-electron chi connectivity index (χ3n) is 2.61. The highest BCUT2D eigenvalue weighted by molar-refractivity contribution is 5.91. The number of carbonyl (C=O) groups excluding carboxylic acids is 1. The quantitative estimate of drug-likeness (QED) is 0.751. The van der Waals surface area contributed by atoms with E-state index in [2.05, 4.69) is 5.32 Å². The van der Waals surface area contributed by atoms with E-state index in [1.54, 1.807) is 12.1 Å². The Kier molecular flexibility index (Phi) is 3.40. The average molecular weight is 208 g/mol. The van der Waals surface area contributed by atoms with Crippen LogP contribution in [0.3, 0.4) is 0 Å². The summed E-state index contributed by atoms with van der Waals surface area (Å²) in [5, 5.41) is 3.29. The summed E-state index contributed by atoms with van der Waals surface area (Å²) in [7, 11) is 0. The number of carbonyl (C=O) groups is 1. The molecule has 4 heteroatoms. The monoisotopic (exact) mass is 208 g/mol. The molecule has 1 amide bonds. The third kappa shape index (κ3) is 2.59. The van der Waals surface area contributed by atoms with E-state index in [9.17, 15) is 4.79 Å². The van der Waals surface area contributed by atoms with E-state index in [4.69, 9.17) is 4.42 Å². The molecule has 1 N–H and O–H groups in total. The van der Waals surface area contributed by atoms with Crippen LogP contribution in [0.4, 0.5) is 0 Å². The van der Waals surface area contributed by atoms with E-state index in [0.717, 1.165) is 39.0 Å². The predicted octanol–water partition coefficient (Wildman–Crippen LogP) is 1.11. The number of nitrogens with zero attached hydrogens (tertiary/aromatic N) is 1. The van der Waals surface area contributed by atoms with Crippen LogP contribution in [0.5, 0.6) is 0 Å². The summed E-state index contributed by atoms with van der Waals surface area (Å²) in [6.07, 6.45) is 3.72. The molecule has 1 aromatic rings. The van der Waals surface area contributed by atoms with Crippen molar-refractivity contribution < 1.29 is 9.21 Å². The Morgan fingerprint density at radius 2 is 2.27 bits per heavy atom. The number of rotatable bonds is 1. The van der Waals surface area contributed by atoms with Gasteiger partial charge in [0.05, 0.1) is 6.26 Å². The Morgan fingerprint density at radius 1 is 1.33 bits per heavy atom. The van der Waals surface area contributed by atoms with Crippen molar-refractivity contribution in [3.05, 3.63) is 24.2 Å². The van der Waals surface area contributed by atoms with Crippen LogP contribution in [0, 0.1) is 0 Å². The molecular formula is C11H16N2O2. The van der Waals surface area contributed by atoms with Crippen LogP contribution in [-0.4, -0.2) is 37.0 Å². The van der Waals surface area contributed by atoms with Crippen LogP contribution in [0.1, 0.15) is 23.4 Å². The number of nitrogens with one attached hydrogen (secondary N) is 1. The molecule has 1 aromatic heterocycles. The normalized spacial score (nSPS) is 18.3. The number of hydrogen-bond donors (Lipinski definition) is 1. The third-order valence-corrected chi connectivity index (χ3v) is 2.61. The van der Waals surface area contributed by atoms with E-state index in [1.165, 1.54) is 6.26 Å². The molecule has 1 fully saturated rings. The van der Waals surface area contributed by atoms with Gasteiger partial charge in [-0.25, -0.2) is 0 Å². The first-order valence-electron chi connectivity index (χ1n) is 5.41. The average Bonchev–Trinajstić information content (AvgIpc) is 2.68. The molecule has 1 aliphatic rings. The summed E-state index contributed by atoms with van der Waals surface area (Å²) < 4.78 is 5.11. The van der Waals surface area contributed by atoms with Crippen molar-refractivity contribution in [2.45, 2.75) is 12.8 Å². The highest BCUT2D eigenvalue weighted by Crippen LogP contribution is 2.07. The summed E-state index contributed by atoms with van der Waals surface area (Å²) in [6, 6.07) is 3.46. The van der Waals surface area contributed by atoms with Gasteiger partial charge in [-0.3, -0.25) is 4.79 Å². The molecule has 0 radical (unpaired) electrons. The zero-order valence-electron chi connectivity index (χ0n) is 8.74. The zero-order valence-corrected chi connectivity index (χ0v) is 8.74. The smallest absolute Gasteiger partial charge is 0.289 e. The van der Waals surface area contributed by atoms with Crippen LogP contribution in [0.25, 0.3) is 0 Å². The van der Waals surface area contributed by atoms with E-state index < -0.39 is 0 Å². The topological polar surface area (TPSA) is 45.5 Å². The lowest BCUT2D eigenvalue weighted by Crippen LogP contribution is -2.39. The van der Waals surface area contributed by atoms with Crippen molar-refractivity contribution >= 4 is 5.91 Å². The van der Waals surface area contributed by atoms with Crippen molar-refractivity contribution in [3.8, 4) is 0 Å². The van der Waals surface area contributed by atoms with Crippen LogP contribution < -0.4 is 5.32 Å². The van der Waals surface area contributed by atoms with E-state index in [-0.39, 0.29) is 5.91 Å². The first kappa shape index (κ1) is 10.2. The Hall–Kier alpha value is -1.29. The van der Waals surface area contributed by atoms with Crippen LogP contribution in [-0.2, 0) is 0 Å². The van der Waals surface area contributed by atoms with Crippen molar-refractivity contribution in [1.82, 2.24) is 10.2 Å². The molecule has 2 rings (SSSR count). The van der Waals surface area contributed by atoms with E-state index >= 15 is 0 Å². The molecule has 1 aliphatic heterocycles. The summed E-state index contributed by atoms with van der Waals surface area (Å²) in [5.41, 5.74) is 0. The minimum Gasteiger partial charge on any atom is -0.459 e. The van der Waals surface area contributed by atoms with Gasteiger partial charge in [0.25, 0.3) is 5.91 Å². The molecule has 1 saturated heterocycles. The second kappa shape index (κ2) is 4.98. The Labute approximate surface area is 89.2 Å². The molecule has 0 bridgehead atoms. The molecule has 0 atom stereocenters. The van der Waals surface area contributed by atoms with Gasteiger partial charge in [0.2, 0.25) is 0 Å². The summed E-state index contributed by atoms with van der Waals surface area (Å²) >= 11 is 0. The van der Waals surface area contributed by atoms with Crippen molar-refractivity contribution in [2.24, 2.45) is 0 Å². The molecule has 0 spiro atoms. The van der Waals surface area contributed by atoms with E-state index in [1.807, 2.05) is 4.90 Å². The fourth-order valence-corrected chi connectivity index (χ4v) is 1.76. The molecule has 4 nitrogen and oxygen atoms in total. The van der Waals surface area contributed by atoms with Crippen LogP contribution in [0.2, 0.25) is 0 Å². The zero-order chi connectivity index (χ0) is 10.5. The second-order valence-corrected chi connectivity index (χ2v) is 3.73. The minimum atomic E-state index is 0.00343. The number of amides is 1. The Morgan fingerprint density at radius 3 is 3.07 bits per heavy atom. The largest absolute Gasteiger partial charge is 0.459 e. The summed E-state index contributed by atoms with van der Waals surface area (Å²) in [5.74, 6) is 0.444. The first-order chi connectivity index (χ1) is 7.38. The molecule has 0 unspecified atom stereocenters. The molecule has 0 aliphatic carbocycles. The van der Waals surface area contributed by atoms with Crippen LogP contribution in [0.15, 0.2) is 22.8 Å². The maximum absolute atomic E-state index is 11.9. The molecule has 0 aromatic carbocycles. The van der Waals surface area contributed by atoms with Gasteiger partial charge < -0.3 is 14.6 Å². The van der Waals surface area contributed by atoms with Gasteiger partial charge in [-0.1, -0.05) is 0 Å². The Bertz CT molecular complexity index is 300. The van der Waals surface area contributed by atoms with Gasteiger partial charge in [0.15, 0.2) is 5.76 Å².